The number of nitrogens with two attached hydrogens (primary N) is 1. The Morgan fingerprint density at radius 3 is 2.72 bits per heavy atom. The maximum absolute atomic E-state index is 13.3. The molecule has 0 aromatic heterocycles. The van der Waals surface area contributed by atoms with Gasteiger partial charge in [0.2, 0.25) is 10.0 Å². The number of hydrogen-bond acceptors (Lipinski definition) is 3. The maximum Gasteiger partial charge on any atom is 0.240 e. The minimum atomic E-state index is -3.68. The van der Waals surface area contributed by atoms with E-state index in [0.29, 0.717) is 6.42 Å². The lowest BCUT2D eigenvalue weighted by atomic mass is 10.0. The first-order valence-corrected chi connectivity index (χ1v) is 7.20. The highest BCUT2D eigenvalue weighted by molar-refractivity contribution is 7.89. The van der Waals surface area contributed by atoms with E-state index in [9.17, 15) is 12.8 Å². The number of allylic oxidation sites excluding steroid dienone is 1. The predicted molar refractivity (Wildman–Crippen MR) is 67.9 cm³/mol. The Balaban J connectivity index is 2.19. The van der Waals surface area contributed by atoms with Crippen molar-refractivity contribution in [2.75, 3.05) is 5.73 Å². The number of nitrogen functional groups attached to an aromatic ring is 1. The first-order valence-electron chi connectivity index (χ1n) is 5.71. The first-order chi connectivity index (χ1) is 8.49. The van der Waals surface area contributed by atoms with E-state index >= 15 is 0 Å². The van der Waals surface area contributed by atoms with Gasteiger partial charge in [-0.05, 0) is 37.5 Å². The molecule has 0 radical (unpaired) electrons. The zero-order valence-electron chi connectivity index (χ0n) is 9.77. The minimum absolute atomic E-state index is 0.0606. The van der Waals surface area contributed by atoms with Crippen LogP contribution in [0.25, 0.3) is 0 Å². The van der Waals surface area contributed by atoms with Crippen LogP contribution in [0.1, 0.15) is 19.3 Å². The van der Waals surface area contributed by atoms with Gasteiger partial charge < -0.3 is 5.73 Å². The average Bonchev–Trinajstić information content (AvgIpc) is 2.33. The molecule has 18 heavy (non-hydrogen) atoms. The third-order valence-electron chi connectivity index (χ3n) is 2.87. The number of halogens is 1. The van der Waals surface area contributed by atoms with Crippen molar-refractivity contribution in [1.82, 2.24) is 4.72 Å². The summed E-state index contributed by atoms with van der Waals surface area (Å²) in [6.45, 7) is 0. The van der Waals surface area contributed by atoms with Crippen molar-refractivity contribution in [3.63, 3.8) is 0 Å². The Bertz CT molecular complexity index is 569. The number of sulfonamides is 1. The van der Waals surface area contributed by atoms with Gasteiger partial charge in [-0.1, -0.05) is 12.2 Å². The average molecular weight is 270 g/mol. The van der Waals surface area contributed by atoms with Gasteiger partial charge in [0.15, 0.2) is 0 Å². The molecule has 1 atom stereocenters. The van der Waals surface area contributed by atoms with Gasteiger partial charge in [0.25, 0.3) is 0 Å². The van der Waals surface area contributed by atoms with Crippen molar-refractivity contribution in [2.45, 2.75) is 30.2 Å². The fourth-order valence-corrected chi connectivity index (χ4v) is 3.16. The second-order valence-corrected chi connectivity index (χ2v) is 6.00. The molecule has 0 amide bonds. The van der Waals surface area contributed by atoms with Crippen LogP contribution in [0, 0.1) is 5.82 Å². The number of rotatable bonds is 3. The summed E-state index contributed by atoms with van der Waals surface area (Å²) in [6, 6.07) is 3.38. The smallest absolute Gasteiger partial charge is 0.240 e. The van der Waals surface area contributed by atoms with Gasteiger partial charge in [-0.15, -0.1) is 0 Å². The topological polar surface area (TPSA) is 72.2 Å². The summed E-state index contributed by atoms with van der Waals surface area (Å²) < 4.78 is 39.9. The fourth-order valence-electron chi connectivity index (χ4n) is 1.86. The molecule has 1 aromatic carbocycles. The molecule has 0 saturated heterocycles. The van der Waals surface area contributed by atoms with E-state index in [1.807, 2.05) is 12.2 Å². The predicted octanol–water partition coefficient (Wildman–Crippen LogP) is 1.79. The lowest BCUT2D eigenvalue weighted by Crippen LogP contribution is -2.35. The number of hydrogen-bond donors (Lipinski definition) is 2. The molecule has 98 valence electrons. The second kappa shape index (κ2) is 5.07. The Morgan fingerprint density at radius 1 is 1.33 bits per heavy atom. The van der Waals surface area contributed by atoms with Gasteiger partial charge in [0.1, 0.15) is 5.82 Å². The molecular weight excluding hydrogens is 255 g/mol. The monoisotopic (exact) mass is 270 g/mol. The number of anilines is 1. The highest BCUT2D eigenvalue weighted by atomic mass is 32.2. The van der Waals surface area contributed by atoms with Crippen molar-refractivity contribution in [1.29, 1.82) is 0 Å². The lowest BCUT2D eigenvalue weighted by molar-refractivity contribution is 0.521. The normalized spacial score (nSPS) is 19.9. The van der Waals surface area contributed by atoms with Gasteiger partial charge in [0.05, 0.1) is 10.6 Å². The van der Waals surface area contributed by atoms with Crippen LogP contribution in [0.4, 0.5) is 10.1 Å². The second-order valence-electron chi connectivity index (χ2n) is 4.29. The summed E-state index contributed by atoms with van der Waals surface area (Å²) in [7, 11) is -3.68. The van der Waals surface area contributed by atoms with Gasteiger partial charge in [0, 0.05) is 6.04 Å². The lowest BCUT2D eigenvalue weighted by Gasteiger charge is -2.19. The number of benzene rings is 1. The van der Waals surface area contributed by atoms with Crippen LogP contribution < -0.4 is 10.5 Å². The molecule has 0 saturated carbocycles. The molecular formula is C12H15FN2O2S. The molecule has 6 heteroatoms. The van der Waals surface area contributed by atoms with Crippen molar-refractivity contribution in [2.24, 2.45) is 0 Å². The van der Waals surface area contributed by atoms with Crippen molar-refractivity contribution >= 4 is 15.7 Å². The summed E-state index contributed by atoms with van der Waals surface area (Å²) in [5, 5.41) is 0. The van der Waals surface area contributed by atoms with Crippen molar-refractivity contribution in [3.05, 3.63) is 36.2 Å². The summed E-state index contributed by atoms with van der Waals surface area (Å²) in [5.41, 5.74) is 5.26. The van der Waals surface area contributed by atoms with Crippen LogP contribution in [0.2, 0.25) is 0 Å². The quantitative estimate of drug-likeness (QED) is 0.649. The third kappa shape index (κ3) is 2.88. The third-order valence-corrected chi connectivity index (χ3v) is 4.39. The fraction of sp³-hybridized carbons (Fsp3) is 0.333. The number of nitrogens with one attached hydrogen (secondary N) is 1. The van der Waals surface area contributed by atoms with Crippen molar-refractivity contribution < 1.29 is 12.8 Å². The summed E-state index contributed by atoms with van der Waals surface area (Å²) in [6.07, 6.45) is 6.24. The van der Waals surface area contributed by atoms with Crippen LogP contribution in [0.3, 0.4) is 0 Å². The van der Waals surface area contributed by atoms with E-state index < -0.39 is 15.8 Å². The Hall–Kier alpha value is -1.40. The van der Waals surface area contributed by atoms with Crippen molar-refractivity contribution in [3.8, 4) is 0 Å². The van der Waals surface area contributed by atoms with E-state index in [1.165, 1.54) is 12.1 Å². The largest absolute Gasteiger partial charge is 0.396 e. The van der Waals surface area contributed by atoms with Gasteiger partial charge in [-0.3, -0.25) is 0 Å². The molecule has 1 unspecified atom stereocenters. The van der Waals surface area contributed by atoms with Gasteiger partial charge in [-0.25, -0.2) is 17.5 Å². The van der Waals surface area contributed by atoms with Crippen LogP contribution in [0.5, 0.6) is 0 Å². The van der Waals surface area contributed by atoms with E-state index in [0.717, 1.165) is 18.9 Å². The van der Waals surface area contributed by atoms with Crippen LogP contribution in [0.15, 0.2) is 35.2 Å². The highest BCUT2D eigenvalue weighted by Crippen LogP contribution is 2.18. The Morgan fingerprint density at radius 2 is 2.11 bits per heavy atom. The standard InChI is InChI=1S/C12H15FN2O2S/c13-11-8-10(6-7-12(11)14)18(16,17)15-9-4-2-1-3-5-9/h1-2,6-9,15H,3-5,14H2. The molecule has 4 nitrogen and oxygen atoms in total. The molecule has 3 N–H and O–H groups in total. The van der Waals surface area contributed by atoms with Gasteiger partial charge >= 0.3 is 0 Å². The Kier molecular flexibility index (Phi) is 3.68. The molecule has 0 bridgehead atoms. The van der Waals surface area contributed by atoms with Crippen LogP contribution in [-0.4, -0.2) is 14.5 Å². The van der Waals surface area contributed by atoms with E-state index in [4.69, 9.17) is 5.73 Å². The first kappa shape index (κ1) is 13.0. The van der Waals surface area contributed by atoms with E-state index in [1.54, 1.807) is 0 Å². The molecule has 0 heterocycles. The molecule has 0 fully saturated rings. The molecule has 1 aliphatic rings. The molecule has 2 rings (SSSR count). The summed E-state index contributed by atoms with van der Waals surface area (Å²) >= 11 is 0. The molecule has 1 aliphatic carbocycles. The zero-order chi connectivity index (χ0) is 13.2. The molecule has 0 aliphatic heterocycles. The molecule has 1 aromatic rings. The zero-order valence-corrected chi connectivity index (χ0v) is 10.6. The van der Waals surface area contributed by atoms with Gasteiger partial charge in [-0.2, -0.15) is 0 Å². The minimum Gasteiger partial charge on any atom is -0.396 e. The Labute approximate surface area is 106 Å². The van der Waals surface area contributed by atoms with E-state index in [2.05, 4.69) is 4.72 Å². The summed E-state index contributed by atoms with van der Waals surface area (Å²) in [4.78, 5) is -0.0937. The molecule has 0 spiro atoms. The van der Waals surface area contributed by atoms with E-state index in [-0.39, 0.29) is 16.6 Å². The van der Waals surface area contributed by atoms with Crippen LogP contribution in [-0.2, 0) is 10.0 Å². The maximum atomic E-state index is 13.3. The van der Waals surface area contributed by atoms with Crippen LogP contribution >= 0.6 is 0 Å². The SMILES string of the molecule is Nc1ccc(S(=O)(=O)NC2CC=CCC2)cc1F. The summed E-state index contributed by atoms with van der Waals surface area (Å²) in [5.74, 6) is -0.721. The highest BCUT2D eigenvalue weighted by Gasteiger charge is 2.21.